The third-order valence-corrected chi connectivity index (χ3v) is 4.18. The van der Waals surface area contributed by atoms with Gasteiger partial charge in [-0.3, -0.25) is 19.7 Å². The minimum absolute atomic E-state index is 0.116. The van der Waals surface area contributed by atoms with Gasteiger partial charge in [-0.1, -0.05) is 18.2 Å². The molecule has 3 rings (SSSR count). The van der Waals surface area contributed by atoms with Crippen LogP contribution in [0, 0.1) is 10.1 Å². The Labute approximate surface area is 175 Å². The van der Waals surface area contributed by atoms with Gasteiger partial charge in [-0.2, -0.15) is 0 Å². The van der Waals surface area contributed by atoms with Crippen molar-refractivity contribution in [2.24, 2.45) is 10.2 Å². The van der Waals surface area contributed by atoms with E-state index in [4.69, 9.17) is 4.74 Å². The van der Waals surface area contributed by atoms with E-state index >= 15 is 0 Å². The van der Waals surface area contributed by atoms with Gasteiger partial charge in [0.05, 0.1) is 17.5 Å². The van der Waals surface area contributed by atoms with E-state index in [1.165, 1.54) is 37.5 Å². The summed E-state index contributed by atoms with van der Waals surface area (Å²) in [5, 5.41) is 30.6. The molecule has 0 fully saturated rings. The number of benzene rings is 2. The van der Waals surface area contributed by atoms with E-state index in [2.05, 4.69) is 20.5 Å². The van der Waals surface area contributed by atoms with E-state index in [0.29, 0.717) is 16.8 Å². The number of nitro groups is 1. The minimum atomic E-state index is -0.779. The first-order valence-corrected chi connectivity index (χ1v) is 8.91. The molecule has 0 atom stereocenters. The lowest BCUT2D eigenvalue weighted by Gasteiger charge is -2.03. The zero-order valence-electron chi connectivity index (χ0n) is 16.2. The maximum atomic E-state index is 11.9. The third-order valence-electron chi connectivity index (χ3n) is 4.18. The van der Waals surface area contributed by atoms with E-state index in [1.54, 1.807) is 24.3 Å². The molecular weight excluding hydrogens is 406 g/mol. The van der Waals surface area contributed by atoms with Gasteiger partial charge in [0, 0.05) is 29.2 Å². The standard InChI is InChI=1S/C20H17N5O6/c1-31-16-5-3-2-4-12(16)6-9-17(26)21-11-18(27)23-24-19-14-10-13(25(29)30)7-8-15(14)22-20(19)28/h2-10,22,28H,11H2,1H3,(H,21,26)/b9-6+,24-23?. The van der Waals surface area contributed by atoms with Crippen molar-refractivity contribution in [2.75, 3.05) is 13.7 Å². The number of aromatic amines is 1. The van der Waals surface area contributed by atoms with Crippen LogP contribution in [-0.4, -0.2) is 40.5 Å². The number of amides is 2. The normalized spacial score (nSPS) is 11.3. The van der Waals surface area contributed by atoms with Crippen LogP contribution in [0.1, 0.15) is 5.56 Å². The smallest absolute Gasteiger partial charge is 0.283 e. The van der Waals surface area contributed by atoms with Crippen LogP contribution in [0.3, 0.4) is 0 Å². The predicted octanol–water partition coefficient (Wildman–Crippen LogP) is 3.23. The molecule has 11 nitrogen and oxygen atoms in total. The van der Waals surface area contributed by atoms with Crippen LogP contribution in [0.2, 0.25) is 0 Å². The molecule has 0 radical (unpaired) electrons. The Morgan fingerprint density at radius 3 is 2.81 bits per heavy atom. The summed E-state index contributed by atoms with van der Waals surface area (Å²) in [6.45, 7) is -0.429. The quantitative estimate of drug-likeness (QED) is 0.229. The molecule has 3 N–H and O–H groups in total. The number of rotatable bonds is 7. The van der Waals surface area contributed by atoms with E-state index in [9.17, 15) is 24.8 Å². The van der Waals surface area contributed by atoms with Crippen molar-refractivity contribution in [2.45, 2.75) is 0 Å². The lowest BCUT2D eigenvalue weighted by molar-refractivity contribution is -0.384. The minimum Gasteiger partial charge on any atom is -0.496 e. The molecule has 0 aliphatic carbocycles. The summed E-state index contributed by atoms with van der Waals surface area (Å²) in [6.07, 6.45) is 2.78. The Hall–Kier alpha value is -4.54. The fourth-order valence-electron chi connectivity index (χ4n) is 2.70. The number of para-hydroxylation sites is 1. The maximum Gasteiger partial charge on any atom is 0.283 e. The first-order chi connectivity index (χ1) is 14.9. The molecule has 0 unspecified atom stereocenters. The molecule has 0 aliphatic rings. The lowest BCUT2D eigenvalue weighted by atomic mass is 10.2. The van der Waals surface area contributed by atoms with Crippen LogP contribution in [0.15, 0.2) is 58.8 Å². The van der Waals surface area contributed by atoms with Crippen molar-refractivity contribution in [3.8, 4) is 11.6 Å². The summed E-state index contributed by atoms with van der Waals surface area (Å²) in [5.41, 5.74) is 0.757. The van der Waals surface area contributed by atoms with Gasteiger partial charge in [-0.05, 0) is 18.2 Å². The number of aromatic nitrogens is 1. The summed E-state index contributed by atoms with van der Waals surface area (Å²) in [7, 11) is 1.51. The SMILES string of the molecule is COc1ccccc1/C=C/C(=O)NCC(=O)N=Nc1c(O)[nH]c2ccc([N+](=O)[O-])cc12. The van der Waals surface area contributed by atoms with Gasteiger partial charge >= 0.3 is 0 Å². The third kappa shape index (κ3) is 5.09. The summed E-state index contributed by atoms with van der Waals surface area (Å²) in [4.78, 5) is 36.8. The van der Waals surface area contributed by atoms with Crippen molar-refractivity contribution in [1.82, 2.24) is 10.3 Å². The number of H-pyrrole nitrogens is 1. The Balaban J connectivity index is 1.64. The number of nitrogens with zero attached hydrogens (tertiary/aromatic N) is 3. The number of fused-ring (bicyclic) bond motifs is 1. The molecule has 31 heavy (non-hydrogen) atoms. The highest BCUT2D eigenvalue weighted by Crippen LogP contribution is 2.37. The summed E-state index contributed by atoms with van der Waals surface area (Å²) in [6, 6.07) is 11.0. The van der Waals surface area contributed by atoms with Crippen LogP contribution in [-0.2, 0) is 9.59 Å². The number of carbonyl (C=O) groups is 2. The first kappa shape index (κ1) is 21.2. The largest absolute Gasteiger partial charge is 0.496 e. The number of aromatic hydroxyl groups is 1. The molecule has 11 heteroatoms. The second-order valence-electron chi connectivity index (χ2n) is 6.20. The highest BCUT2D eigenvalue weighted by atomic mass is 16.6. The molecule has 3 aromatic rings. The maximum absolute atomic E-state index is 11.9. The molecule has 0 saturated heterocycles. The summed E-state index contributed by atoms with van der Waals surface area (Å²) < 4.78 is 5.18. The topological polar surface area (TPSA) is 159 Å². The van der Waals surface area contributed by atoms with Gasteiger partial charge in [0.1, 0.15) is 12.3 Å². The highest BCUT2D eigenvalue weighted by Gasteiger charge is 2.15. The Morgan fingerprint density at radius 2 is 2.06 bits per heavy atom. The van der Waals surface area contributed by atoms with Gasteiger partial charge in [0.15, 0.2) is 5.69 Å². The van der Waals surface area contributed by atoms with Crippen LogP contribution >= 0.6 is 0 Å². The Morgan fingerprint density at radius 1 is 1.29 bits per heavy atom. The average Bonchev–Trinajstić information content (AvgIpc) is 3.08. The fourth-order valence-corrected chi connectivity index (χ4v) is 2.70. The number of azo groups is 1. The monoisotopic (exact) mass is 423 g/mol. The molecule has 0 aliphatic heterocycles. The molecule has 1 heterocycles. The van der Waals surface area contributed by atoms with Gasteiger partial charge in [-0.25, -0.2) is 0 Å². The molecule has 158 valence electrons. The van der Waals surface area contributed by atoms with Gasteiger partial charge in [0.2, 0.25) is 11.8 Å². The number of nitro benzene ring substituents is 1. The summed E-state index contributed by atoms with van der Waals surface area (Å²) >= 11 is 0. The number of carbonyl (C=O) groups excluding carboxylic acids is 2. The molecule has 1 aromatic heterocycles. The molecule has 0 saturated carbocycles. The van der Waals surface area contributed by atoms with E-state index in [0.717, 1.165) is 0 Å². The van der Waals surface area contributed by atoms with Crippen LogP contribution in [0.4, 0.5) is 11.4 Å². The van der Waals surface area contributed by atoms with Crippen LogP contribution in [0.25, 0.3) is 17.0 Å². The second kappa shape index (κ2) is 9.31. The van der Waals surface area contributed by atoms with E-state index < -0.39 is 29.2 Å². The van der Waals surface area contributed by atoms with Gasteiger partial charge in [0.25, 0.3) is 11.6 Å². The van der Waals surface area contributed by atoms with Gasteiger partial charge in [-0.15, -0.1) is 10.2 Å². The molecular formula is C20H17N5O6. The average molecular weight is 423 g/mol. The fraction of sp³-hybridized carbons (Fsp3) is 0.100. The Bertz CT molecular complexity index is 1210. The van der Waals surface area contributed by atoms with Crippen LogP contribution in [0.5, 0.6) is 11.6 Å². The number of methoxy groups -OCH3 is 1. The first-order valence-electron chi connectivity index (χ1n) is 8.91. The zero-order valence-corrected chi connectivity index (χ0v) is 16.2. The number of non-ortho nitro benzene ring substituents is 1. The molecule has 0 spiro atoms. The van der Waals surface area contributed by atoms with Crippen molar-refractivity contribution in [3.05, 3.63) is 64.2 Å². The number of nitrogens with one attached hydrogen (secondary N) is 2. The molecule has 2 amide bonds. The van der Waals surface area contributed by atoms with E-state index in [1.807, 2.05) is 0 Å². The highest BCUT2D eigenvalue weighted by molar-refractivity contribution is 5.96. The Kier molecular flexibility index (Phi) is 6.36. The van der Waals surface area contributed by atoms with Crippen molar-refractivity contribution in [1.29, 1.82) is 0 Å². The zero-order chi connectivity index (χ0) is 22.4. The summed E-state index contributed by atoms with van der Waals surface area (Å²) in [5.74, 6) is -1.11. The van der Waals surface area contributed by atoms with E-state index in [-0.39, 0.29) is 16.8 Å². The molecule has 0 bridgehead atoms. The lowest BCUT2D eigenvalue weighted by Crippen LogP contribution is -2.26. The molecule has 2 aromatic carbocycles. The van der Waals surface area contributed by atoms with Crippen molar-refractivity contribution >= 4 is 40.2 Å². The van der Waals surface area contributed by atoms with Crippen LogP contribution < -0.4 is 10.1 Å². The van der Waals surface area contributed by atoms with Gasteiger partial charge < -0.3 is 20.1 Å². The number of hydrogen-bond donors (Lipinski definition) is 3. The second-order valence-corrected chi connectivity index (χ2v) is 6.20. The predicted molar refractivity (Wildman–Crippen MR) is 111 cm³/mol. The van der Waals surface area contributed by atoms with Crippen molar-refractivity contribution < 1.29 is 24.4 Å². The van der Waals surface area contributed by atoms with Crippen molar-refractivity contribution in [3.63, 3.8) is 0 Å². The number of ether oxygens (including phenoxy) is 1. The number of hydrogen-bond acceptors (Lipinski definition) is 7.